The molecule has 0 aromatic heterocycles. The van der Waals surface area contributed by atoms with E-state index in [9.17, 15) is 0 Å². The number of ether oxygens (including phenoxy) is 2. The molecule has 0 spiro atoms. The zero-order chi connectivity index (χ0) is 7.78. The first-order valence-electron chi connectivity index (χ1n) is 3.70. The molecule has 1 saturated heterocycles. The normalized spacial score (nSPS) is 32.4. The summed E-state index contributed by atoms with van der Waals surface area (Å²) >= 11 is 0. The van der Waals surface area contributed by atoms with Crippen molar-refractivity contribution in [3.05, 3.63) is 0 Å². The maximum atomic E-state index is 5.40. The molecule has 1 aliphatic heterocycles. The summed E-state index contributed by atoms with van der Waals surface area (Å²) in [5.41, 5.74) is 0.281. The fraction of sp³-hybridized carbons (Fsp3) is 1.00. The van der Waals surface area contributed by atoms with Gasteiger partial charge in [0.15, 0.2) is 0 Å². The van der Waals surface area contributed by atoms with Crippen molar-refractivity contribution in [2.24, 2.45) is 5.41 Å². The third-order valence-corrected chi connectivity index (χ3v) is 1.77. The molecule has 0 aromatic carbocycles. The van der Waals surface area contributed by atoms with Gasteiger partial charge in [-0.15, -0.1) is 0 Å². The van der Waals surface area contributed by atoms with E-state index in [0.29, 0.717) is 12.2 Å². The van der Waals surface area contributed by atoms with E-state index < -0.39 is 0 Å². The SMILES string of the molecule is COC[C@@H]1O[C@H]1C(C)(C)C. The second-order valence-corrected chi connectivity index (χ2v) is 3.92. The molecule has 0 radical (unpaired) electrons. The zero-order valence-corrected chi connectivity index (χ0v) is 7.18. The molecule has 2 nitrogen and oxygen atoms in total. The van der Waals surface area contributed by atoms with Crippen LogP contribution in [0.2, 0.25) is 0 Å². The average molecular weight is 144 g/mol. The summed E-state index contributed by atoms with van der Waals surface area (Å²) in [5, 5.41) is 0. The van der Waals surface area contributed by atoms with Gasteiger partial charge in [0.05, 0.1) is 12.7 Å². The predicted octanol–water partition coefficient (Wildman–Crippen LogP) is 1.45. The summed E-state index contributed by atoms with van der Waals surface area (Å²) in [7, 11) is 1.71. The predicted molar refractivity (Wildman–Crippen MR) is 40.0 cm³/mol. The van der Waals surface area contributed by atoms with Crippen LogP contribution in [0.15, 0.2) is 0 Å². The Balaban J connectivity index is 2.25. The highest BCUT2D eigenvalue weighted by atomic mass is 16.6. The van der Waals surface area contributed by atoms with Gasteiger partial charge in [0, 0.05) is 7.11 Å². The van der Waals surface area contributed by atoms with Crippen LogP contribution in [0.1, 0.15) is 20.8 Å². The molecule has 0 aliphatic carbocycles. The van der Waals surface area contributed by atoms with E-state index in [1.165, 1.54) is 0 Å². The quantitative estimate of drug-likeness (QED) is 0.547. The summed E-state index contributed by atoms with van der Waals surface area (Å²) in [6.45, 7) is 7.30. The van der Waals surface area contributed by atoms with Crippen molar-refractivity contribution in [3.8, 4) is 0 Å². The molecule has 2 atom stereocenters. The van der Waals surface area contributed by atoms with Gasteiger partial charge in [-0.3, -0.25) is 0 Å². The molecule has 1 rings (SSSR count). The first-order valence-corrected chi connectivity index (χ1v) is 3.70. The van der Waals surface area contributed by atoms with E-state index in [1.807, 2.05) is 0 Å². The molecule has 0 N–H and O–H groups in total. The second kappa shape index (κ2) is 2.51. The second-order valence-electron chi connectivity index (χ2n) is 3.92. The number of hydrogen-bond acceptors (Lipinski definition) is 2. The van der Waals surface area contributed by atoms with Crippen molar-refractivity contribution >= 4 is 0 Å². The number of methoxy groups -OCH3 is 1. The number of hydrogen-bond donors (Lipinski definition) is 0. The van der Waals surface area contributed by atoms with Crippen LogP contribution in [0.25, 0.3) is 0 Å². The van der Waals surface area contributed by atoms with Crippen molar-refractivity contribution in [1.82, 2.24) is 0 Å². The first-order chi connectivity index (χ1) is 4.55. The van der Waals surface area contributed by atoms with E-state index in [4.69, 9.17) is 9.47 Å². The minimum absolute atomic E-state index is 0.281. The van der Waals surface area contributed by atoms with Gasteiger partial charge in [-0.2, -0.15) is 0 Å². The maximum absolute atomic E-state index is 5.40. The summed E-state index contributed by atoms with van der Waals surface area (Å²) in [6, 6.07) is 0. The third kappa shape index (κ3) is 1.70. The maximum Gasteiger partial charge on any atom is 0.108 e. The summed E-state index contributed by atoms with van der Waals surface area (Å²) in [5.74, 6) is 0. The molecule has 0 bridgehead atoms. The molecule has 0 unspecified atom stereocenters. The molecule has 0 aromatic rings. The molecule has 1 aliphatic rings. The molecule has 10 heavy (non-hydrogen) atoms. The van der Waals surface area contributed by atoms with Crippen LogP contribution in [-0.2, 0) is 9.47 Å². The lowest BCUT2D eigenvalue weighted by Crippen LogP contribution is -2.18. The monoisotopic (exact) mass is 144 g/mol. The Morgan fingerprint density at radius 1 is 1.40 bits per heavy atom. The van der Waals surface area contributed by atoms with Crippen LogP contribution in [0, 0.1) is 5.41 Å². The van der Waals surface area contributed by atoms with Crippen LogP contribution in [0.3, 0.4) is 0 Å². The highest BCUT2D eigenvalue weighted by Crippen LogP contribution is 2.37. The van der Waals surface area contributed by atoms with Gasteiger partial charge in [0.25, 0.3) is 0 Å². The molecule has 1 fully saturated rings. The van der Waals surface area contributed by atoms with Gasteiger partial charge >= 0.3 is 0 Å². The first kappa shape index (κ1) is 8.02. The lowest BCUT2D eigenvalue weighted by atomic mass is 9.90. The fourth-order valence-corrected chi connectivity index (χ4v) is 1.20. The van der Waals surface area contributed by atoms with Gasteiger partial charge in [-0.25, -0.2) is 0 Å². The molecule has 0 amide bonds. The Labute approximate surface area is 62.5 Å². The highest BCUT2D eigenvalue weighted by Gasteiger charge is 2.46. The molecular weight excluding hydrogens is 128 g/mol. The van der Waals surface area contributed by atoms with Crippen LogP contribution < -0.4 is 0 Å². The van der Waals surface area contributed by atoms with Gasteiger partial charge < -0.3 is 9.47 Å². The Bertz CT molecular complexity index is 115. The third-order valence-electron chi connectivity index (χ3n) is 1.77. The molecule has 0 saturated carbocycles. The van der Waals surface area contributed by atoms with E-state index >= 15 is 0 Å². The Hall–Kier alpha value is -0.0800. The number of rotatable bonds is 2. The van der Waals surface area contributed by atoms with Crippen LogP contribution in [0.4, 0.5) is 0 Å². The number of epoxide rings is 1. The van der Waals surface area contributed by atoms with Crippen LogP contribution >= 0.6 is 0 Å². The summed E-state index contributed by atoms with van der Waals surface area (Å²) < 4.78 is 10.4. The Kier molecular flexibility index (Phi) is 2.02. The van der Waals surface area contributed by atoms with Crippen molar-refractivity contribution in [2.75, 3.05) is 13.7 Å². The summed E-state index contributed by atoms with van der Waals surface area (Å²) in [4.78, 5) is 0. The smallest absolute Gasteiger partial charge is 0.108 e. The van der Waals surface area contributed by atoms with Gasteiger partial charge in [0.1, 0.15) is 6.10 Å². The molecule has 1 heterocycles. The largest absolute Gasteiger partial charge is 0.382 e. The van der Waals surface area contributed by atoms with E-state index in [2.05, 4.69) is 20.8 Å². The zero-order valence-electron chi connectivity index (χ0n) is 7.18. The lowest BCUT2D eigenvalue weighted by Gasteiger charge is -2.13. The standard InChI is InChI=1S/C8H16O2/c1-8(2,3)7-6(10-7)5-9-4/h6-7H,5H2,1-4H3/t6-,7+/m0/s1. The minimum atomic E-state index is 0.281. The van der Waals surface area contributed by atoms with Crippen molar-refractivity contribution in [1.29, 1.82) is 0 Å². The Morgan fingerprint density at radius 3 is 2.30 bits per heavy atom. The van der Waals surface area contributed by atoms with Crippen LogP contribution in [0.5, 0.6) is 0 Å². The Morgan fingerprint density at radius 2 is 2.00 bits per heavy atom. The molecule has 60 valence electrons. The van der Waals surface area contributed by atoms with E-state index in [0.717, 1.165) is 6.61 Å². The van der Waals surface area contributed by atoms with Gasteiger partial charge in [0.2, 0.25) is 0 Å². The van der Waals surface area contributed by atoms with Crippen molar-refractivity contribution in [2.45, 2.75) is 33.0 Å². The molecular formula is C8H16O2. The highest BCUT2D eigenvalue weighted by molar-refractivity contribution is 4.93. The van der Waals surface area contributed by atoms with E-state index in [-0.39, 0.29) is 5.41 Å². The average Bonchev–Trinajstić information content (AvgIpc) is 2.44. The topological polar surface area (TPSA) is 21.8 Å². The summed E-state index contributed by atoms with van der Waals surface area (Å²) in [6.07, 6.45) is 0.762. The minimum Gasteiger partial charge on any atom is -0.382 e. The van der Waals surface area contributed by atoms with Gasteiger partial charge in [-0.1, -0.05) is 20.8 Å². The fourth-order valence-electron chi connectivity index (χ4n) is 1.20. The lowest BCUT2D eigenvalue weighted by molar-refractivity contribution is 0.170. The molecule has 2 heteroatoms. The van der Waals surface area contributed by atoms with Crippen LogP contribution in [-0.4, -0.2) is 25.9 Å². The van der Waals surface area contributed by atoms with Gasteiger partial charge in [-0.05, 0) is 5.41 Å². The van der Waals surface area contributed by atoms with Crippen molar-refractivity contribution in [3.63, 3.8) is 0 Å². The van der Waals surface area contributed by atoms with Crippen molar-refractivity contribution < 1.29 is 9.47 Å². The van der Waals surface area contributed by atoms with E-state index in [1.54, 1.807) is 7.11 Å².